The van der Waals surface area contributed by atoms with Crippen molar-refractivity contribution >= 4 is 15.7 Å². The molecule has 1 unspecified atom stereocenters. The molecule has 0 saturated heterocycles. The van der Waals surface area contributed by atoms with Gasteiger partial charge in [0.15, 0.2) is 0 Å². The van der Waals surface area contributed by atoms with E-state index in [4.69, 9.17) is 0 Å². The van der Waals surface area contributed by atoms with Crippen molar-refractivity contribution in [3.63, 3.8) is 0 Å². The maximum atomic E-state index is 12.6. The van der Waals surface area contributed by atoms with E-state index in [9.17, 15) is 18.5 Å². The van der Waals surface area contributed by atoms with E-state index in [1.165, 1.54) is 29.6 Å². The number of hydrogen-bond donors (Lipinski definition) is 0. The summed E-state index contributed by atoms with van der Waals surface area (Å²) in [4.78, 5) is 10.4. The van der Waals surface area contributed by atoms with Gasteiger partial charge in [0, 0.05) is 43.5 Å². The van der Waals surface area contributed by atoms with E-state index in [1.807, 2.05) is 0 Å². The third kappa shape index (κ3) is 3.74. The van der Waals surface area contributed by atoms with Gasteiger partial charge < -0.3 is 0 Å². The number of benzene rings is 1. The zero-order chi connectivity index (χ0) is 17.2. The molecule has 124 valence electrons. The van der Waals surface area contributed by atoms with Crippen LogP contribution in [0.4, 0.5) is 5.69 Å². The number of aromatic nitrogens is 2. The molecule has 0 aliphatic carbocycles. The molecule has 0 spiro atoms. The van der Waals surface area contributed by atoms with Gasteiger partial charge in [0.25, 0.3) is 5.69 Å². The van der Waals surface area contributed by atoms with E-state index in [2.05, 4.69) is 5.10 Å². The highest BCUT2D eigenvalue weighted by Crippen LogP contribution is 2.26. The molecule has 0 radical (unpaired) electrons. The summed E-state index contributed by atoms with van der Waals surface area (Å²) in [7, 11) is -0.507. The summed E-state index contributed by atoms with van der Waals surface area (Å²) >= 11 is 0. The van der Waals surface area contributed by atoms with Crippen molar-refractivity contribution in [2.24, 2.45) is 7.05 Å². The summed E-state index contributed by atoms with van der Waals surface area (Å²) in [5, 5.41) is 15.1. The molecule has 2 aromatic rings. The van der Waals surface area contributed by atoms with Crippen LogP contribution in [0.25, 0.3) is 0 Å². The first-order valence-corrected chi connectivity index (χ1v) is 8.50. The molecule has 0 saturated carbocycles. The lowest BCUT2D eigenvalue weighted by Gasteiger charge is -2.23. The van der Waals surface area contributed by atoms with E-state index in [0.29, 0.717) is 0 Å². The fourth-order valence-electron chi connectivity index (χ4n) is 2.22. The fraction of sp³-hybridized carbons (Fsp3) is 0.357. The summed E-state index contributed by atoms with van der Waals surface area (Å²) < 4.78 is 27.9. The average Bonchev–Trinajstić information content (AvgIpc) is 2.92. The second-order valence-electron chi connectivity index (χ2n) is 5.28. The van der Waals surface area contributed by atoms with Crippen molar-refractivity contribution < 1.29 is 13.3 Å². The highest BCUT2D eigenvalue weighted by Gasteiger charge is 2.28. The minimum absolute atomic E-state index is 0.169. The molecule has 0 N–H and O–H groups in total. The number of nitro groups is 1. The Morgan fingerprint density at radius 3 is 2.61 bits per heavy atom. The molecule has 0 bridgehead atoms. The Balaban J connectivity index is 2.26. The molecule has 0 aliphatic heterocycles. The summed E-state index contributed by atoms with van der Waals surface area (Å²) in [6.07, 6.45) is 3.34. The first-order valence-electron chi connectivity index (χ1n) is 6.89. The van der Waals surface area contributed by atoms with Crippen LogP contribution in [0.5, 0.6) is 0 Å². The zero-order valence-corrected chi connectivity index (χ0v) is 13.9. The van der Waals surface area contributed by atoms with Crippen LogP contribution < -0.4 is 0 Å². The molecule has 2 rings (SSSR count). The summed E-state index contributed by atoms with van der Waals surface area (Å²) in [5.74, 6) is -0.425. The Morgan fingerprint density at radius 1 is 1.39 bits per heavy atom. The molecule has 9 heteroatoms. The standard InChI is InChI=1S/C14H18N4O4S/c1-11(13-8-15-16(2)9-13)17(3)23(21,22)10-12-6-4-5-7-14(12)18(19)20/h4-9,11H,10H2,1-3H3. The van der Waals surface area contributed by atoms with Gasteiger partial charge in [-0.25, -0.2) is 8.42 Å². The van der Waals surface area contributed by atoms with Gasteiger partial charge in [-0.15, -0.1) is 0 Å². The monoisotopic (exact) mass is 338 g/mol. The topological polar surface area (TPSA) is 98.3 Å². The van der Waals surface area contributed by atoms with E-state index in [1.54, 1.807) is 37.1 Å². The maximum absolute atomic E-state index is 12.6. The highest BCUT2D eigenvalue weighted by atomic mass is 32.2. The van der Waals surface area contributed by atoms with Crippen LogP contribution >= 0.6 is 0 Å². The van der Waals surface area contributed by atoms with Crippen LogP contribution in [-0.4, -0.2) is 34.5 Å². The van der Waals surface area contributed by atoms with Crippen molar-refractivity contribution in [2.45, 2.75) is 18.7 Å². The van der Waals surface area contributed by atoms with Crippen molar-refractivity contribution in [3.05, 3.63) is 57.9 Å². The lowest BCUT2D eigenvalue weighted by molar-refractivity contribution is -0.385. The first kappa shape index (κ1) is 17.1. The minimum Gasteiger partial charge on any atom is -0.275 e. The number of nitro benzene ring substituents is 1. The number of sulfonamides is 1. The minimum atomic E-state index is -3.72. The third-order valence-electron chi connectivity index (χ3n) is 3.72. The van der Waals surface area contributed by atoms with Gasteiger partial charge in [-0.2, -0.15) is 9.40 Å². The van der Waals surface area contributed by atoms with Gasteiger partial charge in [-0.1, -0.05) is 18.2 Å². The van der Waals surface area contributed by atoms with Crippen molar-refractivity contribution in [1.82, 2.24) is 14.1 Å². The highest BCUT2D eigenvalue weighted by molar-refractivity contribution is 7.88. The Labute approximate surface area is 134 Å². The first-order chi connectivity index (χ1) is 10.7. The number of rotatable bonds is 6. The molecule has 1 aromatic heterocycles. The van der Waals surface area contributed by atoms with E-state index in [-0.39, 0.29) is 11.3 Å². The molecule has 0 amide bonds. The molecule has 8 nitrogen and oxygen atoms in total. The molecule has 23 heavy (non-hydrogen) atoms. The predicted molar refractivity (Wildman–Crippen MR) is 85.1 cm³/mol. The average molecular weight is 338 g/mol. The van der Waals surface area contributed by atoms with Crippen LogP contribution in [0.3, 0.4) is 0 Å². The molecule has 1 aromatic carbocycles. The molecular weight excluding hydrogens is 320 g/mol. The summed E-state index contributed by atoms with van der Waals surface area (Å²) in [6.45, 7) is 1.74. The Bertz CT molecular complexity index is 816. The van der Waals surface area contributed by atoms with Gasteiger partial charge >= 0.3 is 0 Å². The van der Waals surface area contributed by atoms with Crippen LogP contribution in [0.1, 0.15) is 24.1 Å². The quantitative estimate of drug-likeness (QED) is 0.591. The second kappa shape index (κ2) is 6.47. The lowest BCUT2D eigenvalue weighted by atomic mass is 10.2. The van der Waals surface area contributed by atoms with E-state index < -0.39 is 26.7 Å². The predicted octanol–water partition coefficient (Wildman–Crippen LogP) is 1.85. The molecule has 1 atom stereocenters. The number of nitrogens with zero attached hydrogens (tertiary/aromatic N) is 4. The van der Waals surface area contributed by atoms with Gasteiger partial charge in [-0.05, 0) is 6.92 Å². The van der Waals surface area contributed by atoms with Crippen molar-refractivity contribution in [3.8, 4) is 0 Å². The van der Waals surface area contributed by atoms with Crippen LogP contribution in [0.15, 0.2) is 36.7 Å². The molecule has 0 fully saturated rings. The zero-order valence-electron chi connectivity index (χ0n) is 13.1. The van der Waals surface area contributed by atoms with Crippen molar-refractivity contribution in [2.75, 3.05) is 7.05 Å². The third-order valence-corrected chi connectivity index (χ3v) is 5.59. The Hall–Kier alpha value is -2.26. The van der Waals surface area contributed by atoms with Crippen LogP contribution in [0.2, 0.25) is 0 Å². The number of aryl methyl sites for hydroxylation is 1. The smallest absolute Gasteiger partial charge is 0.273 e. The Kier molecular flexibility index (Phi) is 4.81. The van der Waals surface area contributed by atoms with E-state index >= 15 is 0 Å². The molecular formula is C14H18N4O4S. The Morgan fingerprint density at radius 2 is 2.04 bits per heavy atom. The largest absolute Gasteiger partial charge is 0.275 e. The second-order valence-corrected chi connectivity index (χ2v) is 7.31. The number of hydrogen-bond acceptors (Lipinski definition) is 5. The fourth-order valence-corrected chi connectivity index (χ4v) is 3.66. The van der Waals surface area contributed by atoms with Gasteiger partial charge in [-0.3, -0.25) is 14.8 Å². The van der Waals surface area contributed by atoms with Crippen LogP contribution in [0, 0.1) is 10.1 Å². The number of para-hydroxylation sites is 1. The van der Waals surface area contributed by atoms with Crippen molar-refractivity contribution in [1.29, 1.82) is 0 Å². The van der Waals surface area contributed by atoms with Crippen LogP contribution in [-0.2, 0) is 22.8 Å². The summed E-state index contributed by atoms with van der Waals surface area (Å²) in [5.41, 5.74) is 0.724. The van der Waals surface area contributed by atoms with Gasteiger partial charge in [0.1, 0.15) is 0 Å². The lowest BCUT2D eigenvalue weighted by Crippen LogP contribution is -2.30. The van der Waals surface area contributed by atoms with Gasteiger partial charge in [0.2, 0.25) is 10.0 Å². The maximum Gasteiger partial charge on any atom is 0.273 e. The van der Waals surface area contributed by atoms with E-state index in [0.717, 1.165) is 5.56 Å². The SMILES string of the molecule is CC(c1cnn(C)c1)N(C)S(=O)(=O)Cc1ccccc1[N+](=O)[O-]. The van der Waals surface area contributed by atoms with Gasteiger partial charge in [0.05, 0.1) is 16.9 Å². The summed E-state index contributed by atoms with van der Waals surface area (Å²) in [6, 6.07) is 5.43. The molecule has 1 heterocycles. The normalized spacial score (nSPS) is 13.2. The molecule has 0 aliphatic rings.